The molecule has 2 aromatic rings. The first-order valence-corrected chi connectivity index (χ1v) is 9.04. The Morgan fingerprint density at radius 2 is 2.00 bits per heavy atom. The summed E-state index contributed by atoms with van der Waals surface area (Å²) >= 11 is 13.2. The van der Waals surface area contributed by atoms with E-state index in [2.05, 4.69) is 10.6 Å². The minimum atomic E-state index is -0.736. The molecule has 6 nitrogen and oxygen atoms in total. The standard InChI is InChI=1S/C16H16Cl2N2O4S/c1-3-8(2)19-16(23)20-12(21)7-24-15(22)14-13(18)10-5-4-9(17)6-11(10)25-14/h4-6,8H,3,7H2,1-2H3,(H2,19,20,21,23)/t8-/m1/s1. The number of benzene rings is 1. The van der Waals surface area contributed by atoms with Crippen molar-refractivity contribution in [2.24, 2.45) is 0 Å². The summed E-state index contributed by atoms with van der Waals surface area (Å²) in [7, 11) is 0. The molecule has 0 saturated carbocycles. The van der Waals surface area contributed by atoms with Crippen LogP contribution in [-0.2, 0) is 9.53 Å². The molecule has 1 heterocycles. The molecule has 0 aliphatic heterocycles. The summed E-state index contributed by atoms with van der Waals surface area (Å²) < 4.78 is 5.66. The van der Waals surface area contributed by atoms with E-state index in [1.165, 1.54) is 0 Å². The van der Waals surface area contributed by atoms with Crippen molar-refractivity contribution in [1.82, 2.24) is 10.6 Å². The Labute approximate surface area is 158 Å². The highest BCUT2D eigenvalue weighted by Gasteiger charge is 2.20. The van der Waals surface area contributed by atoms with Crippen molar-refractivity contribution in [1.29, 1.82) is 0 Å². The van der Waals surface area contributed by atoms with Gasteiger partial charge in [-0.25, -0.2) is 9.59 Å². The van der Waals surface area contributed by atoms with E-state index in [9.17, 15) is 14.4 Å². The predicted molar refractivity (Wildman–Crippen MR) is 98.6 cm³/mol. The van der Waals surface area contributed by atoms with Crippen LogP contribution in [0.15, 0.2) is 18.2 Å². The highest BCUT2D eigenvalue weighted by atomic mass is 35.5. The van der Waals surface area contributed by atoms with Gasteiger partial charge in [-0.1, -0.05) is 36.2 Å². The van der Waals surface area contributed by atoms with Crippen LogP contribution in [0.1, 0.15) is 29.9 Å². The van der Waals surface area contributed by atoms with Gasteiger partial charge in [0.05, 0.1) is 5.02 Å². The Balaban J connectivity index is 1.95. The largest absolute Gasteiger partial charge is 0.451 e. The number of rotatable bonds is 5. The molecule has 3 amide bonds. The smallest absolute Gasteiger partial charge is 0.350 e. The van der Waals surface area contributed by atoms with Crippen molar-refractivity contribution in [2.45, 2.75) is 26.3 Å². The molecule has 25 heavy (non-hydrogen) atoms. The Bertz CT molecular complexity index is 822. The molecule has 0 aliphatic carbocycles. The van der Waals surface area contributed by atoms with Gasteiger partial charge in [-0.2, -0.15) is 0 Å². The van der Waals surface area contributed by atoms with Crippen LogP contribution in [0, 0.1) is 0 Å². The van der Waals surface area contributed by atoms with Crippen LogP contribution < -0.4 is 10.6 Å². The molecular weight excluding hydrogens is 387 g/mol. The van der Waals surface area contributed by atoms with Crippen molar-refractivity contribution in [2.75, 3.05) is 6.61 Å². The summed E-state index contributed by atoms with van der Waals surface area (Å²) in [5.74, 6) is -1.46. The fourth-order valence-corrected chi connectivity index (χ4v) is 3.57. The maximum atomic E-state index is 12.1. The first-order valence-electron chi connectivity index (χ1n) is 7.46. The number of ether oxygens (including phenoxy) is 1. The van der Waals surface area contributed by atoms with Gasteiger partial charge < -0.3 is 10.1 Å². The predicted octanol–water partition coefficient (Wildman–Crippen LogP) is 3.99. The second kappa shape index (κ2) is 8.51. The number of halogens is 2. The van der Waals surface area contributed by atoms with Gasteiger partial charge in [0.2, 0.25) is 0 Å². The number of carbonyl (C=O) groups excluding carboxylic acids is 3. The number of amides is 3. The number of urea groups is 1. The van der Waals surface area contributed by atoms with E-state index in [1.807, 2.05) is 6.92 Å². The highest BCUT2D eigenvalue weighted by Crippen LogP contribution is 2.37. The summed E-state index contributed by atoms with van der Waals surface area (Å²) in [6.07, 6.45) is 0.727. The molecule has 1 aromatic heterocycles. The molecule has 0 radical (unpaired) electrons. The van der Waals surface area contributed by atoms with Crippen LogP contribution in [0.5, 0.6) is 0 Å². The normalized spacial score (nSPS) is 11.8. The summed E-state index contributed by atoms with van der Waals surface area (Å²) in [6.45, 7) is 3.12. The van der Waals surface area contributed by atoms with E-state index < -0.39 is 24.5 Å². The minimum absolute atomic E-state index is 0.0699. The highest BCUT2D eigenvalue weighted by molar-refractivity contribution is 7.21. The van der Waals surface area contributed by atoms with Crippen molar-refractivity contribution < 1.29 is 19.1 Å². The zero-order chi connectivity index (χ0) is 18.6. The van der Waals surface area contributed by atoms with Crippen LogP contribution in [0.4, 0.5) is 4.79 Å². The fourth-order valence-electron chi connectivity index (χ4n) is 1.89. The Morgan fingerprint density at radius 3 is 2.68 bits per heavy atom. The van der Waals surface area contributed by atoms with Gasteiger partial charge in [-0.3, -0.25) is 10.1 Å². The molecule has 9 heteroatoms. The van der Waals surface area contributed by atoms with Crippen LogP contribution in [0.25, 0.3) is 10.1 Å². The molecule has 1 aromatic carbocycles. The Kier molecular flexibility index (Phi) is 6.64. The molecule has 0 aliphatic rings. The number of fused-ring (bicyclic) bond motifs is 1. The lowest BCUT2D eigenvalue weighted by Crippen LogP contribution is -2.44. The van der Waals surface area contributed by atoms with Gasteiger partial charge in [0.25, 0.3) is 5.91 Å². The first kappa shape index (κ1) is 19.5. The lowest BCUT2D eigenvalue weighted by atomic mass is 10.2. The second-order valence-corrected chi connectivity index (χ2v) is 7.16. The average Bonchev–Trinajstić information content (AvgIpc) is 2.88. The van der Waals surface area contributed by atoms with Crippen molar-refractivity contribution in [3.05, 3.63) is 33.1 Å². The van der Waals surface area contributed by atoms with Crippen molar-refractivity contribution in [3.63, 3.8) is 0 Å². The number of hydrogen-bond acceptors (Lipinski definition) is 5. The maximum Gasteiger partial charge on any atom is 0.350 e. The third-order valence-corrected chi connectivity index (χ3v) is 5.23. The van der Waals surface area contributed by atoms with Gasteiger partial charge in [0.15, 0.2) is 6.61 Å². The monoisotopic (exact) mass is 402 g/mol. The summed E-state index contributed by atoms with van der Waals surface area (Å²) in [5.41, 5.74) is 0. The summed E-state index contributed by atoms with van der Waals surface area (Å²) in [5, 5.41) is 6.11. The number of carbonyl (C=O) groups is 3. The SMILES string of the molecule is CC[C@@H](C)NC(=O)NC(=O)COC(=O)c1sc2cc(Cl)ccc2c1Cl. The van der Waals surface area contributed by atoms with E-state index in [-0.39, 0.29) is 15.9 Å². The van der Waals surface area contributed by atoms with E-state index in [1.54, 1.807) is 25.1 Å². The molecule has 0 unspecified atom stereocenters. The zero-order valence-electron chi connectivity index (χ0n) is 13.5. The third kappa shape index (κ3) is 5.07. The van der Waals surface area contributed by atoms with Gasteiger partial charge >= 0.3 is 12.0 Å². The van der Waals surface area contributed by atoms with Crippen LogP contribution in [-0.4, -0.2) is 30.6 Å². The van der Waals surface area contributed by atoms with E-state index in [0.29, 0.717) is 10.4 Å². The third-order valence-electron chi connectivity index (χ3n) is 3.35. The summed E-state index contributed by atoms with van der Waals surface area (Å²) in [6, 6.07) is 4.36. The molecule has 0 spiro atoms. The topological polar surface area (TPSA) is 84.5 Å². The van der Waals surface area contributed by atoms with Gasteiger partial charge in [0, 0.05) is 21.2 Å². The molecule has 1 atom stereocenters. The number of esters is 1. The number of nitrogens with one attached hydrogen (secondary N) is 2. The van der Waals surface area contributed by atoms with E-state index in [0.717, 1.165) is 22.5 Å². The van der Waals surface area contributed by atoms with Crippen LogP contribution in [0.2, 0.25) is 10.0 Å². The summed E-state index contributed by atoms with van der Waals surface area (Å²) in [4.78, 5) is 35.5. The fraction of sp³-hybridized carbons (Fsp3) is 0.312. The molecule has 0 fully saturated rings. The van der Waals surface area contributed by atoms with Crippen molar-refractivity contribution in [3.8, 4) is 0 Å². The minimum Gasteiger partial charge on any atom is -0.451 e. The molecule has 2 N–H and O–H groups in total. The maximum absolute atomic E-state index is 12.1. The van der Waals surface area contributed by atoms with E-state index >= 15 is 0 Å². The average molecular weight is 403 g/mol. The van der Waals surface area contributed by atoms with E-state index in [4.69, 9.17) is 27.9 Å². The quantitative estimate of drug-likeness (QED) is 0.740. The molecule has 0 saturated heterocycles. The number of hydrogen-bond donors (Lipinski definition) is 2. The lowest BCUT2D eigenvalue weighted by Gasteiger charge is -2.11. The Hall–Kier alpha value is -1.83. The molecule has 0 bridgehead atoms. The zero-order valence-corrected chi connectivity index (χ0v) is 15.8. The molecule has 2 rings (SSSR count). The van der Waals surface area contributed by atoms with Gasteiger partial charge in [-0.15, -0.1) is 11.3 Å². The first-order chi connectivity index (χ1) is 11.8. The van der Waals surface area contributed by atoms with Crippen LogP contribution in [0.3, 0.4) is 0 Å². The van der Waals surface area contributed by atoms with Crippen LogP contribution >= 0.6 is 34.5 Å². The molecule has 134 valence electrons. The number of thiophene rings is 1. The lowest BCUT2D eigenvalue weighted by molar-refractivity contribution is -0.123. The second-order valence-electron chi connectivity index (χ2n) is 5.29. The van der Waals surface area contributed by atoms with Gasteiger partial charge in [0.1, 0.15) is 4.88 Å². The Morgan fingerprint density at radius 1 is 1.28 bits per heavy atom. The van der Waals surface area contributed by atoms with Gasteiger partial charge in [-0.05, 0) is 25.5 Å². The van der Waals surface area contributed by atoms with Crippen molar-refractivity contribution >= 4 is 62.5 Å². The molecular formula is C16H16Cl2N2O4S. The number of imide groups is 1.